The predicted octanol–water partition coefficient (Wildman–Crippen LogP) is 10.1. The Hall–Kier alpha value is -8.70. The maximum atomic E-state index is 14.5. The highest BCUT2D eigenvalue weighted by molar-refractivity contribution is 7.15. The molecule has 5 amide bonds. The number of carboxylic acids is 3. The van der Waals surface area contributed by atoms with E-state index in [1.54, 1.807) is 70.9 Å². The van der Waals surface area contributed by atoms with Crippen LogP contribution in [0.2, 0.25) is 0 Å². The average Bonchev–Trinajstić information content (AvgIpc) is 1.60. The number of amides is 5. The van der Waals surface area contributed by atoms with E-state index in [-0.39, 0.29) is 116 Å². The largest absolute Gasteiger partial charge is 0.481 e. The highest BCUT2D eigenvalue weighted by atomic mass is 32.1. The summed E-state index contributed by atoms with van der Waals surface area (Å²) < 4.78 is 11.2. The Balaban J connectivity index is 1.10. The van der Waals surface area contributed by atoms with E-state index in [2.05, 4.69) is 21.3 Å². The molecule has 1 aliphatic heterocycles. The fourth-order valence-corrected chi connectivity index (χ4v) is 15.9. The number of benzene rings is 1. The first kappa shape index (κ1) is 71.6. The fraction of sp³-hybridized carbons (Fsp3) is 0.397. The number of aliphatic carboxylic acids is 3. The normalized spacial score (nSPS) is 16.0. The Morgan fingerprint density at radius 1 is 0.698 bits per heavy atom. The first-order chi connectivity index (χ1) is 46.1. The van der Waals surface area contributed by atoms with Gasteiger partial charge in [-0.1, -0.05) is 50.6 Å². The molecule has 8 aromatic rings. The number of hydrogen-bond donors (Lipinski definition) is 8. The molecule has 0 aliphatic carbocycles. The molecule has 0 radical (unpaired) electrons. The zero-order chi connectivity index (χ0) is 68.7. The summed E-state index contributed by atoms with van der Waals surface area (Å²) in [5, 5.41) is 59.9. The number of fused-ring (bicyclic) bond motifs is 14. The first-order valence-electron chi connectivity index (χ1n) is 30.3. The maximum absolute atomic E-state index is 14.5. The molecule has 1 aliphatic rings. The summed E-state index contributed by atoms with van der Waals surface area (Å²) in [5.74, 6) is -7.07. The number of methoxy groups -OCH3 is 1. The number of carbonyl (C=O) groups excluding carboxylic acids is 6. The molecule has 0 spiro atoms. The number of carbonyl (C=O) groups is 9. The lowest BCUT2D eigenvalue weighted by Crippen LogP contribution is -2.40. The lowest BCUT2D eigenvalue weighted by molar-refractivity contribution is -0.139. The van der Waals surface area contributed by atoms with Crippen LogP contribution in [0.15, 0.2) is 64.0 Å². The topological polar surface area (TPSA) is 395 Å². The number of ether oxygens (including phenoxy) is 2. The van der Waals surface area contributed by atoms with Crippen molar-refractivity contribution in [2.45, 2.75) is 116 Å². The number of unbranched alkanes of at least 4 members (excludes halogenated alkanes) is 2. The van der Waals surface area contributed by atoms with Crippen LogP contribution in [0.3, 0.4) is 0 Å². The van der Waals surface area contributed by atoms with Crippen molar-refractivity contribution < 1.29 is 73.1 Å². The number of carboxylic acid groups (broad SMARTS) is 3. The van der Waals surface area contributed by atoms with E-state index < -0.39 is 84.2 Å². The molecule has 27 nitrogen and oxygen atoms in total. The highest BCUT2D eigenvalue weighted by Crippen LogP contribution is 2.41. The molecule has 7 aromatic heterocycles. The van der Waals surface area contributed by atoms with Gasteiger partial charge in [0.25, 0.3) is 11.8 Å². The molecular weight excluding hydrogens is 1360 g/mol. The molecule has 0 saturated heterocycles. The Morgan fingerprint density at radius 3 is 2.10 bits per heavy atom. The quantitative estimate of drug-likeness (QED) is 0.0276. The second-order valence-electron chi connectivity index (χ2n) is 22.6. The summed E-state index contributed by atoms with van der Waals surface area (Å²) in [6.45, 7) is 4.72. The van der Waals surface area contributed by atoms with Gasteiger partial charge in [0.05, 0.1) is 54.2 Å². The molecule has 8 heterocycles. The number of Topliss-reactive ketones (excluding diaryl/α,β-unsaturated/α-hetero) is 1. The SMILES string of the molecule is CNC(=O)C[C@@H]1NC(=O)c2csc(n2)-c2ccc(-c3nc(N(CCCCC(=O)O)C(=O)OCC(CCCCC(=O)O)CC(=O)O)cs3)nc2-c2csc(n2)-c2csc(n2)[C@H]([C@@H](O)c2ccccc2)NC(=O)CNC(=O)c2nc(sc2COC)C(C(C)C)CC(=O)c2nc1sc2C. The monoisotopic (exact) mass is 1420 g/mol. The molecule has 2 unspecified atom stereocenters. The number of pyridine rings is 1. The van der Waals surface area contributed by atoms with Gasteiger partial charge in [-0.05, 0) is 56.2 Å². The number of aliphatic hydroxyl groups excluding tert-OH is 1. The number of rotatable bonds is 23. The third-order valence-corrected chi connectivity index (χ3v) is 21.0. The maximum Gasteiger partial charge on any atom is 0.415 e. The van der Waals surface area contributed by atoms with Crippen molar-refractivity contribution >= 4 is 127 Å². The summed E-state index contributed by atoms with van der Waals surface area (Å²) in [5.41, 5.74) is 2.29. The number of aryl methyl sites for hydroxylation is 1. The van der Waals surface area contributed by atoms with Crippen LogP contribution >= 0.6 is 68.0 Å². The number of anilines is 1. The van der Waals surface area contributed by atoms with E-state index >= 15 is 0 Å². The van der Waals surface area contributed by atoms with Crippen LogP contribution in [0.25, 0.3) is 43.4 Å². The molecule has 9 rings (SSSR count). The standard InChI is InChI=1S/C63H68N12O15S6/c1-31(2)36-22-42(76)50-32(3)95-61(73-50)38(23-45(77)64-4)67-55(86)40-28-91-57(69-40)35-18-19-37(59-71-44(30-94-59)75(20-12-11-17-48(81)82)63(88)90-25-33(21-49(83)84)13-9-10-16-47(79)80)66-51(35)39-27-92-60(68-39)41-29-93-62(70-41)53(54(85)34-14-7-6-8-15-34)72-46(78)24-65-56(87)52-43(26-89-5)96-58(36)74-52/h6-8,14-15,18-19,27-31,33,36,38,53-54,85H,9-13,16-17,20-26H2,1-5H3,(H,64,77)(H,65,87)(H,67,86)(H,72,78)(H,79,80)(H,81,82)(H,83,84)/t33?,36?,38-,53-,54-/m0/s1. The van der Waals surface area contributed by atoms with Gasteiger partial charge in [-0.15, -0.1) is 68.0 Å². The van der Waals surface area contributed by atoms with Gasteiger partial charge in [-0.3, -0.25) is 43.3 Å². The van der Waals surface area contributed by atoms with Crippen molar-refractivity contribution in [3.8, 4) is 43.4 Å². The molecule has 8 N–H and O–H groups in total. The molecule has 506 valence electrons. The predicted molar refractivity (Wildman–Crippen MR) is 360 cm³/mol. The van der Waals surface area contributed by atoms with Crippen LogP contribution in [-0.2, 0) is 40.1 Å². The van der Waals surface area contributed by atoms with E-state index in [4.69, 9.17) is 49.5 Å². The molecular formula is C63H68N12O15S6. The van der Waals surface area contributed by atoms with Crippen LogP contribution in [-0.4, -0.2) is 143 Å². The van der Waals surface area contributed by atoms with Crippen LogP contribution in [0.1, 0.15) is 164 Å². The summed E-state index contributed by atoms with van der Waals surface area (Å²) in [7, 11) is 2.92. The Bertz CT molecular complexity index is 4120. The Morgan fingerprint density at radius 2 is 1.39 bits per heavy atom. The van der Waals surface area contributed by atoms with Crippen LogP contribution in [0, 0.1) is 18.8 Å². The number of nitrogens with one attached hydrogen (secondary N) is 4. The Kier molecular flexibility index (Phi) is 24.8. The van der Waals surface area contributed by atoms with Crippen LogP contribution in [0.5, 0.6) is 0 Å². The van der Waals surface area contributed by atoms with Gasteiger partial charge in [-0.2, -0.15) is 0 Å². The molecule has 1 aromatic carbocycles. The van der Waals surface area contributed by atoms with Crippen molar-refractivity contribution in [2.75, 3.05) is 38.8 Å². The first-order valence-corrected chi connectivity index (χ1v) is 35.5. The molecule has 0 fully saturated rings. The third-order valence-electron chi connectivity index (χ3n) is 15.3. The van der Waals surface area contributed by atoms with Gasteiger partial charge < -0.3 is 51.2 Å². The second kappa shape index (κ2) is 33.3. The zero-order valence-electron chi connectivity index (χ0n) is 52.5. The van der Waals surface area contributed by atoms with Gasteiger partial charge in [-0.25, -0.2) is 39.7 Å². The lowest BCUT2D eigenvalue weighted by atomic mass is 9.90. The number of nitrogens with zero attached hydrogens (tertiary/aromatic N) is 8. The molecule has 5 atom stereocenters. The molecule has 33 heteroatoms. The van der Waals surface area contributed by atoms with E-state index in [0.29, 0.717) is 75.8 Å². The van der Waals surface area contributed by atoms with Crippen molar-refractivity contribution in [2.24, 2.45) is 11.8 Å². The average molecular weight is 1430 g/mol. The lowest BCUT2D eigenvalue weighted by Gasteiger charge is -2.23. The third kappa shape index (κ3) is 18.4. The van der Waals surface area contributed by atoms with Crippen molar-refractivity contribution in [1.29, 1.82) is 0 Å². The van der Waals surface area contributed by atoms with Crippen LogP contribution in [0.4, 0.5) is 10.6 Å². The van der Waals surface area contributed by atoms with E-state index in [9.17, 15) is 58.5 Å². The van der Waals surface area contributed by atoms with Crippen LogP contribution < -0.4 is 26.2 Å². The summed E-state index contributed by atoms with van der Waals surface area (Å²) in [6.07, 6.45) is -1.72. The van der Waals surface area contributed by atoms with Crippen molar-refractivity contribution in [1.82, 2.24) is 56.2 Å². The minimum absolute atomic E-state index is 0.00279. The van der Waals surface area contributed by atoms with Gasteiger partial charge in [0, 0.05) is 83.8 Å². The second-order valence-corrected chi connectivity index (χ2v) is 28.4. The summed E-state index contributed by atoms with van der Waals surface area (Å²) in [6, 6.07) is 9.91. The summed E-state index contributed by atoms with van der Waals surface area (Å²) >= 11 is 6.97. The molecule has 10 bridgehead atoms. The minimum atomic E-state index is -1.32. The highest BCUT2D eigenvalue weighted by Gasteiger charge is 2.34. The Labute approximate surface area is 573 Å². The van der Waals surface area contributed by atoms with Gasteiger partial charge in [0.1, 0.15) is 77.2 Å². The van der Waals surface area contributed by atoms with Gasteiger partial charge in [0.15, 0.2) is 5.78 Å². The van der Waals surface area contributed by atoms with Gasteiger partial charge >= 0.3 is 24.0 Å². The summed E-state index contributed by atoms with van der Waals surface area (Å²) in [4.78, 5) is 155. The van der Waals surface area contributed by atoms with Crippen molar-refractivity contribution in [3.05, 3.63) is 111 Å². The number of hydrogen-bond acceptors (Lipinski definition) is 25. The van der Waals surface area contributed by atoms with E-state index in [0.717, 1.165) is 45.3 Å². The van der Waals surface area contributed by atoms with Crippen molar-refractivity contribution in [3.63, 3.8) is 0 Å². The smallest absolute Gasteiger partial charge is 0.415 e. The molecule has 96 heavy (non-hydrogen) atoms. The van der Waals surface area contributed by atoms with E-state index in [1.165, 1.54) is 41.7 Å². The number of aliphatic hydroxyl groups is 1. The number of ketones is 1. The molecule has 0 saturated carbocycles. The van der Waals surface area contributed by atoms with Gasteiger partial charge in [0.2, 0.25) is 11.8 Å². The number of thiazole rings is 6. The minimum Gasteiger partial charge on any atom is -0.481 e. The fourth-order valence-electron chi connectivity index (χ4n) is 10.3. The zero-order valence-corrected chi connectivity index (χ0v) is 57.4. The van der Waals surface area contributed by atoms with E-state index in [1.807, 2.05) is 13.8 Å². The number of aromatic nitrogens is 7.